The van der Waals surface area contributed by atoms with Gasteiger partial charge in [-0.05, 0) is 18.9 Å². The average molecular weight is 363 g/mol. The first-order chi connectivity index (χ1) is 12.2. The zero-order chi connectivity index (χ0) is 18.9. The third-order valence-corrected chi connectivity index (χ3v) is 5.67. The second kappa shape index (κ2) is 7.02. The van der Waals surface area contributed by atoms with Crippen molar-refractivity contribution in [2.75, 3.05) is 26.3 Å². The zero-order valence-corrected chi connectivity index (χ0v) is 15.9. The number of nitrogens with zero attached hydrogens (tertiary/aromatic N) is 3. The minimum absolute atomic E-state index is 0.0123. The zero-order valence-electron chi connectivity index (χ0n) is 15.9. The number of carboxylic acid groups (broad SMARTS) is 1. The second-order valence-electron chi connectivity index (χ2n) is 8.44. The molecule has 0 aliphatic carbocycles. The minimum Gasteiger partial charge on any atom is -0.479 e. The van der Waals surface area contributed by atoms with Gasteiger partial charge in [0, 0.05) is 56.7 Å². The smallest absolute Gasteiger partial charge is 0.331 e. The lowest BCUT2D eigenvalue weighted by atomic mass is 9.86. The Balaban J connectivity index is 1.74. The molecule has 2 aliphatic heterocycles. The van der Waals surface area contributed by atoms with E-state index in [0.717, 1.165) is 18.5 Å². The Bertz CT molecular complexity index is 663. The van der Waals surface area contributed by atoms with Crippen molar-refractivity contribution in [2.24, 2.45) is 5.92 Å². The number of carbonyl (C=O) groups excluding carboxylic acids is 1. The van der Waals surface area contributed by atoms with Gasteiger partial charge in [0.2, 0.25) is 5.91 Å². The van der Waals surface area contributed by atoms with Crippen LogP contribution in [0.3, 0.4) is 0 Å². The molecule has 144 valence electrons. The second-order valence-corrected chi connectivity index (χ2v) is 8.44. The van der Waals surface area contributed by atoms with Crippen molar-refractivity contribution in [1.82, 2.24) is 14.7 Å². The van der Waals surface area contributed by atoms with E-state index < -0.39 is 11.5 Å². The molecule has 0 bridgehead atoms. The Labute approximate surface area is 154 Å². The molecule has 0 radical (unpaired) electrons. The van der Waals surface area contributed by atoms with E-state index >= 15 is 0 Å². The van der Waals surface area contributed by atoms with Gasteiger partial charge in [0.25, 0.3) is 0 Å². The predicted octanol–water partition coefficient (Wildman–Crippen LogP) is 2.01. The van der Waals surface area contributed by atoms with Crippen LogP contribution in [0.2, 0.25) is 0 Å². The number of rotatable bonds is 3. The standard InChI is InChI=1S/C19H29N3O4/c1-18(2,3)15-4-9-22(20-15)19(17(24)25)7-10-21(11-8-19)16(23)14-5-12-26-13-6-14/h4,9,14H,5-8,10-13H2,1-3H3,(H,24,25). The third kappa shape index (κ3) is 3.49. The molecule has 2 saturated heterocycles. The van der Waals surface area contributed by atoms with Gasteiger partial charge in [-0.2, -0.15) is 5.10 Å². The molecular formula is C19H29N3O4. The van der Waals surface area contributed by atoms with Gasteiger partial charge in [0.05, 0.1) is 5.69 Å². The highest BCUT2D eigenvalue weighted by atomic mass is 16.5. The normalized spacial score (nSPS) is 21.6. The van der Waals surface area contributed by atoms with Crippen molar-refractivity contribution < 1.29 is 19.4 Å². The van der Waals surface area contributed by atoms with Gasteiger partial charge in [0.15, 0.2) is 5.54 Å². The summed E-state index contributed by atoms with van der Waals surface area (Å²) in [7, 11) is 0. The van der Waals surface area contributed by atoms with Crippen LogP contribution >= 0.6 is 0 Å². The molecular weight excluding hydrogens is 334 g/mol. The molecule has 2 fully saturated rings. The van der Waals surface area contributed by atoms with Crippen LogP contribution in [0, 0.1) is 5.92 Å². The van der Waals surface area contributed by atoms with Gasteiger partial charge >= 0.3 is 5.97 Å². The number of aliphatic carboxylic acids is 1. The first-order valence-corrected chi connectivity index (χ1v) is 9.40. The molecule has 7 nitrogen and oxygen atoms in total. The fourth-order valence-electron chi connectivity index (χ4n) is 3.80. The number of ether oxygens (including phenoxy) is 1. The Morgan fingerprint density at radius 2 is 1.85 bits per heavy atom. The molecule has 1 N–H and O–H groups in total. The van der Waals surface area contributed by atoms with Crippen LogP contribution in [0.25, 0.3) is 0 Å². The van der Waals surface area contributed by atoms with Crippen molar-refractivity contribution in [3.05, 3.63) is 18.0 Å². The van der Waals surface area contributed by atoms with Gasteiger partial charge in [-0.25, -0.2) is 4.79 Å². The molecule has 0 aromatic carbocycles. The van der Waals surface area contributed by atoms with E-state index in [-0.39, 0.29) is 17.2 Å². The van der Waals surface area contributed by atoms with E-state index in [0.29, 0.717) is 39.1 Å². The topological polar surface area (TPSA) is 84.7 Å². The molecule has 0 atom stereocenters. The lowest BCUT2D eigenvalue weighted by Crippen LogP contribution is -2.53. The summed E-state index contributed by atoms with van der Waals surface area (Å²) in [6.07, 6.45) is 4.04. The van der Waals surface area contributed by atoms with Crippen molar-refractivity contribution >= 4 is 11.9 Å². The van der Waals surface area contributed by atoms with Crippen LogP contribution in [0.4, 0.5) is 0 Å². The van der Waals surface area contributed by atoms with Gasteiger partial charge in [-0.3, -0.25) is 9.48 Å². The number of amides is 1. The molecule has 3 rings (SSSR count). The molecule has 0 unspecified atom stereocenters. The fraction of sp³-hybridized carbons (Fsp3) is 0.737. The number of hydrogen-bond acceptors (Lipinski definition) is 4. The summed E-state index contributed by atoms with van der Waals surface area (Å²) in [5, 5.41) is 14.5. The summed E-state index contributed by atoms with van der Waals surface area (Å²) >= 11 is 0. The SMILES string of the molecule is CC(C)(C)c1ccn(C2(C(=O)O)CCN(C(=O)C3CCOCC3)CC2)n1. The monoisotopic (exact) mass is 363 g/mol. The van der Waals surface area contributed by atoms with Crippen molar-refractivity contribution in [3.8, 4) is 0 Å². The van der Waals surface area contributed by atoms with E-state index in [9.17, 15) is 14.7 Å². The van der Waals surface area contributed by atoms with Gasteiger partial charge in [-0.15, -0.1) is 0 Å². The number of likely N-dealkylation sites (tertiary alicyclic amines) is 1. The van der Waals surface area contributed by atoms with Crippen LogP contribution in [0.5, 0.6) is 0 Å². The largest absolute Gasteiger partial charge is 0.479 e. The third-order valence-electron chi connectivity index (χ3n) is 5.67. The van der Waals surface area contributed by atoms with E-state index in [2.05, 4.69) is 25.9 Å². The highest BCUT2D eigenvalue weighted by molar-refractivity contribution is 5.80. The maximum absolute atomic E-state index is 12.7. The first-order valence-electron chi connectivity index (χ1n) is 9.40. The number of carboxylic acids is 1. The molecule has 3 heterocycles. The maximum Gasteiger partial charge on any atom is 0.331 e. The summed E-state index contributed by atoms with van der Waals surface area (Å²) in [6.45, 7) is 8.34. The molecule has 7 heteroatoms. The molecule has 26 heavy (non-hydrogen) atoms. The average Bonchev–Trinajstić information content (AvgIpc) is 3.13. The van der Waals surface area contributed by atoms with Crippen LogP contribution in [0.1, 0.15) is 52.1 Å². The molecule has 1 aromatic heterocycles. The van der Waals surface area contributed by atoms with Crippen LogP contribution in [-0.4, -0.2) is 58.0 Å². The fourth-order valence-corrected chi connectivity index (χ4v) is 3.80. The predicted molar refractivity (Wildman–Crippen MR) is 95.9 cm³/mol. The molecule has 0 spiro atoms. The first kappa shape index (κ1) is 18.9. The van der Waals surface area contributed by atoms with Gasteiger partial charge < -0.3 is 14.7 Å². The minimum atomic E-state index is -1.07. The number of piperidine rings is 1. The lowest BCUT2D eigenvalue weighted by Gasteiger charge is -2.40. The molecule has 0 saturated carbocycles. The van der Waals surface area contributed by atoms with Gasteiger partial charge in [-0.1, -0.05) is 20.8 Å². The lowest BCUT2D eigenvalue weighted by molar-refractivity contribution is -0.154. The van der Waals surface area contributed by atoms with E-state index in [1.165, 1.54) is 0 Å². The Morgan fingerprint density at radius 1 is 1.23 bits per heavy atom. The molecule has 1 amide bonds. The van der Waals surface area contributed by atoms with Crippen molar-refractivity contribution in [2.45, 2.75) is 57.4 Å². The quantitative estimate of drug-likeness (QED) is 0.888. The van der Waals surface area contributed by atoms with Crippen molar-refractivity contribution in [3.63, 3.8) is 0 Å². The summed E-state index contributed by atoms with van der Waals surface area (Å²) in [5.41, 5.74) is -0.334. The van der Waals surface area contributed by atoms with E-state index in [1.807, 2.05) is 11.0 Å². The van der Waals surface area contributed by atoms with Gasteiger partial charge in [0.1, 0.15) is 0 Å². The Hall–Kier alpha value is -1.89. The summed E-state index contributed by atoms with van der Waals surface area (Å²) in [6, 6.07) is 1.89. The van der Waals surface area contributed by atoms with Crippen LogP contribution in [-0.2, 0) is 25.3 Å². The maximum atomic E-state index is 12.7. The summed E-state index contributed by atoms with van der Waals surface area (Å²) in [4.78, 5) is 26.7. The van der Waals surface area contributed by atoms with Crippen LogP contribution < -0.4 is 0 Å². The highest BCUT2D eigenvalue weighted by Gasteiger charge is 2.45. The van der Waals surface area contributed by atoms with Crippen molar-refractivity contribution in [1.29, 1.82) is 0 Å². The summed E-state index contributed by atoms with van der Waals surface area (Å²) in [5.74, 6) is -0.722. The number of carbonyl (C=O) groups is 2. The number of hydrogen-bond donors (Lipinski definition) is 1. The number of aromatic nitrogens is 2. The van der Waals surface area contributed by atoms with E-state index in [4.69, 9.17) is 4.74 Å². The molecule has 1 aromatic rings. The Morgan fingerprint density at radius 3 is 2.35 bits per heavy atom. The van der Waals surface area contributed by atoms with Crippen LogP contribution in [0.15, 0.2) is 12.3 Å². The summed E-state index contributed by atoms with van der Waals surface area (Å²) < 4.78 is 6.93. The van der Waals surface area contributed by atoms with E-state index in [1.54, 1.807) is 10.9 Å². The molecule has 2 aliphatic rings. The highest BCUT2D eigenvalue weighted by Crippen LogP contribution is 2.33. The Kier molecular flexibility index (Phi) is 5.10.